The minimum Gasteiger partial charge on any atom is -0.413 e. The molecule has 1 rings (SSSR count). The molecule has 1 aliphatic rings. The van der Waals surface area contributed by atoms with Crippen molar-refractivity contribution in [1.82, 2.24) is 5.32 Å². The molecular formula is C5H13NO2Si. The molecule has 1 fully saturated rings. The Bertz CT molecular complexity index is 83.0. The highest BCUT2D eigenvalue weighted by Gasteiger charge is 2.17. The van der Waals surface area contributed by atoms with E-state index in [0.29, 0.717) is 12.0 Å². The van der Waals surface area contributed by atoms with Crippen molar-refractivity contribution in [2.24, 2.45) is 5.92 Å². The molecule has 3 nitrogen and oxygen atoms in total. The van der Waals surface area contributed by atoms with Crippen LogP contribution in [0.25, 0.3) is 0 Å². The second kappa shape index (κ2) is 3.31. The van der Waals surface area contributed by atoms with E-state index < -0.39 is 9.28 Å². The lowest BCUT2D eigenvalue weighted by molar-refractivity contribution is 0.390. The highest BCUT2D eigenvalue weighted by molar-refractivity contribution is 6.41. The van der Waals surface area contributed by atoms with E-state index >= 15 is 0 Å². The Balaban J connectivity index is 2.11. The molecule has 3 N–H and O–H groups in total. The summed E-state index contributed by atoms with van der Waals surface area (Å²) in [6.45, 7) is 2.02. The standard InChI is InChI=1S/C5H13NO2Si/c7-9(8)4-5-1-2-6-3-5/h5-9H,1-4H2. The first-order chi connectivity index (χ1) is 4.29. The van der Waals surface area contributed by atoms with Crippen LogP contribution >= 0.6 is 0 Å². The Morgan fingerprint density at radius 1 is 1.56 bits per heavy atom. The zero-order valence-corrected chi connectivity index (χ0v) is 6.53. The predicted molar refractivity (Wildman–Crippen MR) is 37.4 cm³/mol. The summed E-state index contributed by atoms with van der Waals surface area (Å²) in [6, 6.07) is 0.660. The molecule has 0 aromatic heterocycles. The Morgan fingerprint density at radius 2 is 2.33 bits per heavy atom. The molecule has 0 aromatic carbocycles. The second-order valence-electron chi connectivity index (χ2n) is 2.58. The molecule has 1 aliphatic heterocycles. The van der Waals surface area contributed by atoms with Crippen molar-refractivity contribution in [3.05, 3.63) is 0 Å². The maximum absolute atomic E-state index is 8.68. The molecule has 1 heterocycles. The fraction of sp³-hybridized carbons (Fsp3) is 1.00. The largest absolute Gasteiger partial charge is 0.413 e. The van der Waals surface area contributed by atoms with E-state index in [2.05, 4.69) is 5.32 Å². The van der Waals surface area contributed by atoms with Crippen LogP contribution in [-0.4, -0.2) is 32.0 Å². The van der Waals surface area contributed by atoms with E-state index in [0.717, 1.165) is 19.5 Å². The van der Waals surface area contributed by atoms with Gasteiger partial charge in [0.2, 0.25) is 0 Å². The second-order valence-corrected chi connectivity index (χ2v) is 4.01. The van der Waals surface area contributed by atoms with Crippen LogP contribution < -0.4 is 5.32 Å². The van der Waals surface area contributed by atoms with Gasteiger partial charge >= 0.3 is 9.28 Å². The molecule has 1 atom stereocenters. The van der Waals surface area contributed by atoms with Crippen LogP contribution in [0.4, 0.5) is 0 Å². The molecule has 0 aromatic rings. The molecule has 0 saturated carbocycles. The summed E-state index contributed by atoms with van der Waals surface area (Å²) in [6.07, 6.45) is 1.12. The molecule has 9 heavy (non-hydrogen) atoms. The SMILES string of the molecule is O[SiH](O)CC1CCNC1. The van der Waals surface area contributed by atoms with E-state index in [4.69, 9.17) is 9.59 Å². The predicted octanol–water partition coefficient (Wildman–Crippen LogP) is -1.20. The lowest BCUT2D eigenvalue weighted by Gasteiger charge is -2.06. The fourth-order valence-electron chi connectivity index (χ4n) is 1.21. The Hall–Kier alpha value is 0.0969. The average Bonchev–Trinajstić information content (AvgIpc) is 2.15. The molecular weight excluding hydrogens is 134 g/mol. The van der Waals surface area contributed by atoms with Gasteiger partial charge in [0.15, 0.2) is 0 Å². The molecule has 0 bridgehead atoms. The lowest BCUT2D eigenvalue weighted by Crippen LogP contribution is -2.18. The highest BCUT2D eigenvalue weighted by Crippen LogP contribution is 2.12. The van der Waals surface area contributed by atoms with Crippen molar-refractivity contribution in [2.75, 3.05) is 13.1 Å². The summed E-state index contributed by atoms with van der Waals surface area (Å²) in [5.74, 6) is 0.539. The van der Waals surface area contributed by atoms with Crippen LogP contribution in [0.2, 0.25) is 6.04 Å². The highest BCUT2D eigenvalue weighted by atomic mass is 28.3. The molecule has 4 heteroatoms. The summed E-state index contributed by atoms with van der Waals surface area (Å²) >= 11 is 0. The van der Waals surface area contributed by atoms with Gasteiger partial charge in [-0.2, -0.15) is 0 Å². The van der Waals surface area contributed by atoms with Gasteiger partial charge in [0.05, 0.1) is 0 Å². The minimum atomic E-state index is -2.26. The smallest absolute Gasteiger partial charge is 0.316 e. The quantitative estimate of drug-likeness (QED) is 0.430. The zero-order valence-electron chi connectivity index (χ0n) is 5.38. The maximum Gasteiger partial charge on any atom is 0.316 e. The normalized spacial score (nSPS) is 27.7. The summed E-state index contributed by atoms with van der Waals surface area (Å²) < 4.78 is 0. The van der Waals surface area contributed by atoms with Crippen molar-refractivity contribution in [3.63, 3.8) is 0 Å². The number of rotatable bonds is 2. The molecule has 0 aliphatic carbocycles. The van der Waals surface area contributed by atoms with E-state index in [1.165, 1.54) is 0 Å². The Labute approximate surface area is 56.6 Å². The first kappa shape index (κ1) is 7.21. The monoisotopic (exact) mass is 147 g/mol. The van der Waals surface area contributed by atoms with Crippen LogP contribution in [0.1, 0.15) is 6.42 Å². The van der Waals surface area contributed by atoms with E-state index in [9.17, 15) is 0 Å². The van der Waals surface area contributed by atoms with Crippen LogP contribution in [0.15, 0.2) is 0 Å². The van der Waals surface area contributed by atoms with Gasteiger partial charge < -0.3 is 14.9 Å². The first-order valence-corrected chi connectivity index (χ1v) is 5.21. The molecule has 54 valence electrons. The van der Waals surface area contributed by atoms with Crippen molar-refractivity contribution < 1.29 is 9.59 Å². The lowest BCUT2D eigenvalue weighted by atomic mass is 10.2. The summed E-state index contributed by atoms with van der Waals surface area (Å²) in [4.78, 5) is 17.4. The molecule has 0 amide bonds. The van der Waals surface area contributed by atoms with Crippen molar-refractivity contribution in [2.45, 2.75) is 12.5 Å². The molecule has 0 spiro atoms. The van der Waals surface area contributed by atoms with Gasteiger partial charge in [-0.3, -0.25) is 0 Å². The third kappa shape index (κ3) is 2.44. The van der Waals surface area contributed by atoms with E-state index in [1.807, 2.05) is 0 Å². The third-order valence-electron chi connectivity index (χ3n) is 1.71. The summed E-state index contributed by atoms with van der Waals surface area (Å²) in [7, 11) is -2.26. The van der Waals surface area contributed by atoms with Crippen molar-refractivity contribution >= 4 is 9.28 Å². The van der Waals surface area contributed by atoms with Gasteiger partial charge in [0.25, 0.3) is 0 Å². The minimum absolute atomic E-state index is 0.539. The van der Waals surface area contributed by atoms with Crippen LogP contribution in [0, 0.1) is 5.92 Å². The third-order valence-corrected chi connectivity index (χ3v) is 2.79. The summed E-state index contributed by atoms with van der Waals surface area (Å²) in [5, 5.41) is 3.18. The molecule has 0 radical (unpaired) electrons. The average molecular weight is 147 g/mol. The summed E-state index contributed by atoms with van der Waals surface area (Å²) in [5.41, 5.74) is 0. The van der Waals surface area contributed by atoms with Gasteiger partial charge in [-0.1, -0.05) is 0 Å². The number of hydrogen-bond acceptors (Lipinski definition) is 3. The van der Waals surface area contributed by atoms with Gasteiger partial charge in [0.1, 0.15) is 0 Å². The maximum atomic E-state index is 8.68. The molecule has 1 unspecified atom stereocenters. The molecule has 1 saturated heterocycles. The number of nitrogens with one attached hydrogen (secondary N) is 1. The van der Waals surface area contributed by atoms with Crippen molar-refractivity contribution in [1.29, 1.82) is 0 Å². The van der Waals surface area contributed by atoms with Crippen molar-refractivity contribution in [3.8, 4) is 0 Å². The van der Waals surface area contributed by atoms with E-state index in [1.54, 1.807) is 0 Å². The van der Waals surface area contributed by atoms with Gasteiger partial charge in [0, 0.05) is 0 Å². The van der Waals surface area contributed by atoms with Crippen LogP contribution in [0.5, 0.6) is 0 Å². The van der Waals surface area contributed by atoms with E-state index in [-0.39, 0.29) is 0 Å². The number of hydrogen-bond donors (Lipinski definition) is 3. The Kier molecular flexibility index (Phi) is 2.65. The van der Waals surface area contributed by atoms with Crippen LogP contribution in [0.3, 0.4) is 0 Å². The fourth-order valence-corrected chi connectivity index (χ4v) is 2.21. The first-order valence-electron chi connectivity index (χ1n) is 3.36. The topological polar surface area (TPSA) is 52.5 Å². The Morgan fingerprint density at radius 3 is 2.78 bits per heavy atom. The van der Waals surface area contributed by atoms with Gasteiger partial charge in [-0.25, -0.2) is 0 Å². The van der Waals surface area contributed by atoms with Crippen LogP contribution in [-0.2, 0) is 0 Å². The zero-order chi connectivity index (χ0) is 6.69. The van der Waals surface area contributed by atoms with Gasteiger partial charge in [-0.15, -0.1) is 0 Å². The van der Waals surface area contributed by atoms with Gasteiger partial charge in [-0.05, 0) is 31.5 Å².